The van der Waals surface area contributed by atoms with Gasteiger partial charge in [-0.2, -0.15) is 0 Å². The minimum absolute atomic E-state index is 0.0912. The number of esters is 1. The van der Waals surface area contributed by atoms with Crippen LogP contribution in [0.15, 0.2) is 48.5 Å². The number of methoxy groups -OCH3 is 1. The fraction of sp³-hybridized carbons (Fsp3) is 0.318. The van der Waals surface area contributed by atoms with Crippen LogP contribution in [0.1, 0.15) is 38.8 Å². The topological polar surface area (TPSA) is 87.7 Å². The fourth-order valence-corrected chi connectivity index (χ4v) is 2.74. The molecular formula is C22H27N3O4. The Morgan fingerprint density at radius 3 is 2.07 bits per heavy atom. The van der Waals surface area contributed by atoms with Gasteiger partial charge in [0.2, 0.25) is 5.91 Å². The normalized spacial score (nSPS) is 11.6. The molecule has 0 saturated carbocycles. The Labute approximate surface area is 171 Å². The van der Waals surface area contributed by atoms with Gasteiger partial charge in [0.15, 0.2) is 0 Å². The van der Waals surface area contributed by atoms with Gasteiger partial charge in [0, 0.05) is 25.7 Å². The molecule has 1 unspecified atom stereocenters. The number of rotatable bonds is 8. The molecule has 0 aliphatic carbocycles. The summed E-state index contributed by atoms with van der Waals surface area (Å²) >= 11 is 0. The van der Waals surface area contributed by atoms with Crippen LogP contribution in [0.3, 0.4) is 0 Å². The van der Waals surface area contributed by atoms with Crippen molar-refractivity contribution < 1.29 is 19.1 Å². The van der Waals surface area contributed by atoms with Crippen LogP contribution in [0.25, 0.3) is 0 Å². The number of carbonyl (C=O) groups is 3. The SMILES string of the molecule is CNC(=O)c1ccc(CN(C)C(C)C(=O)NCc2ccc(C(=O)OC)cc2)cc1. The van der Waals surface area contributed by atoms with Gasteiger partial charge in [-0.15, -0.1) is 0 Å². The van der Waals surface area contributed by atoms with E-state index in [2.05, 4.69) is 15.4 Å². The van der Waals surface area contributed by atoms with Crippen molar-refractivity contribution in [1.82, 2.24) is 15.5 Å². The fourth-order valence-electron chi connectivity index (χ4n) is 2.74. The van der Waals surface area contributed by atoms with E-state index in [4.69, 9.17) is 0 Å². The molecule has 0 fully saturated rings. The predicted molar refractivity (Wildman–Crippen MR) is 110 cm³/mol. The molecule has 7 nitrogen and oxygen atoms in total. The van der Waals surface area contributed by atoms with Crippen LogP contribution in [0.2, 0.25) is 0 Å². The third-order valence-electron chi connectivity index (χ3n) is 4.76. The van der Waals surface area contributed by atoms with Crippen LogP contribution in [0, 0.1) is 0 Å². The van der Waals surface area contributed by atoms with E-state index in [9.17, 15) is 14.4 Å². The molecule has 0 heterocycles. The second-order valence-corrected chi connectivity index (χ2v) is 6.77. The molecule has 0 bridgehead atoms. The first-order valence-corrected chi connectivity index (χ1v) is 9.32. The molecule has 154 valence electrons. The maximum absolute atomic E-state index is 12.5. The first-order chi connectivity index (χ1) is 13.8. The average molecular weight is 397 g/mol. The summed E-state index contributed by atoms with van der Waals surface area (Å²) in [5.41, 5.74) is 2.98. The average Bonchev–Trinajstić information content (AvgIpc) is 2.76. The van der Waals surface area contributed by atoms with Crippen molar-refractivity contribution in [2.24, 2.45) is 0 Å². The lowest BCUT2D eigenvalue weighted by atomic mass is 10.1. The summed E-state index contributed by atoms with van der Waals surface area (Å²) in [5, 5.41) is 5.50. The summed E-state index contributed by atoms with van der Waals surface area (Å²) in [4.78, 5) is 37.5. The molecule has 29 heavy (non-hydrogen) atoms. The van der Waals surface area contributed by atoms with Crippen LogP contribution in [0.4, 0.5) is 0 Å². The molecule has 1 atom stereocenters. The lowest BCUT2D eigenvalue weighted by Gasteiger charge is -2.24. The van der Waals surface area contributed by atoms with Crippen molar-refractivity contribution in [2.75, 3.05) is 21.2 Å². The molecule has 0 radical (unpaired) electrons. The number of hydrogen-bond acceptors (Lipinski definition) is 5. The lowest BCUT2D eigenvalue weighted by Crippen LogP contribution is -2.42. The molecular weight excluding hydrogens is 370 g/mol. The number of ether oxygens (including phenoxy) is 1. The summed E-state index contributed by atoms with van der Waals surface area (Å²) in [6, 6.07) is 13.9. The molecule has 0 aliphatic rings. The molecule has 2 N–H and O–H groups in total. The monoisotopic (exact) mass is 397 g/mol. The van der Waals surface area contributed by atoms with Crippen LogP contribution in [-0.2, 0) is 22.6 Å². The van der Waals surface area contributed by atoms with Crippen molar-refractivity contribution >= 4 is 17.8 Å². The molecule has 7 heteroatoms. The maximum Gasteiger partial charge on any atom is 0.337 e. The van der Waals surface area contributed by atoms with E-state index in [1.807, 2.05) is 31.0 Å². The van der Waals surface area contributed by atoms with E-state index in [-0.39, 0.29) is 23.8 Å². The van der Waals surface area contributed by atoms with E-state index >= 15 is 0 Å². The highest BCUT2D eigenvalue weighted by Crippen LogP contribution is 2.10. The summed E-state index contributed by atoms with van der Waals surface area (Å²) in [6.45, 7) is 2.80. The molecule has 2 aromatic carbocycles. The highest BCUT2D eigenvalue weighted by molar-refractivity contribution is 5.94. The Kier molecular flexibility index (Phi) is 7.91. The summed E-state index contributed by atoms with van der Waals surface area (Å²) in [6.07, 6.45) is 0. The molecule has 0 saturated heterocycles. The third kappa shape index (κ3) is 6.15. The highest BCUT2D eigenvalue weighted by Gasteiger charge is 2.18. The number of amides is 2. The zero-order valence-corrected chi connectivity index (χ0v) is 17.2. The minimum atomic E-state index is -0.390. The highest BCUT2D eigenvalue weighted by atomic mass is 16.5. The van der Waals surface area contributed by atoms with E-state index in [0.29, 0.717) is 24.2 Å². The van der Waals surface area contributed by atoms with Crippen molar-refractivity contribution in [3.05, 3.63) is 70.8 Å². The molecule has 0 aliphatic heterocycles. The molecule has 2 aromatic rings. The molecule has 0 spiro atoms. The van der Waals surface area contributed by atoms with Crippen molar-refractivity contribution in [1.29, 1.82) is 0 Å². The Hall–Kier alpha value is -3.19. The van der Waals surface area contributed by atoms with Crippen LogP contribution in [-0.4, -0.2) is 49.9 Å². The number of likely N-dealkylation sites (N-methyl/N-ethyl adjacent to an activating group) is 1. The number of carbonyl (C=O) groups excluding carboxylic acids is 3. The largest absolute Gasteiger partial charge is 0.465 e. The maximum atomic E-state index is 12.5. The zero-order chi connectivity index (χ0) is 21.4. The standard InChI is InChI=1S/C22H27N3O4/c1-15(25(3)14-17-7-9-18(10-8-17)21(27)23-2)20(26)24-13-16-5-11-19(12-6-16)22(28)29-4/h5-12,15H,13-14H2,1-4H3,(H,23,27)(H,24,26). The Morgan fingerprint density at radius 1 is 0.966 bits per heavy atom. The van der Waals surface area contributed by atoms with Crippen molar-refractivity contribution in [2.45, 2.75) is 26.1 Å². The van der Waals surface area contributed by atoms with E-state index in [0.717, 1.165) is 11.1 Å². The summed E-state index contributed by atoms with van der Waals surface area (Å²) in [7, 11) is 4.81. The summed E-state index contributed by atoms with van der Waals surface area (Å²) in [5.74, 6) is -0.608. The van der Waals surface area contributed by atoms with Gasteiger partial charge in [-0.1, -0.05) is 24.3 Å². The van der Waals surface area contributed by atoms with E-state index in [1.165, 1.54) is 7.11 Å². The summed E-state index contributed by atoms with van der Waals surface area (Å²) < 4.78 is 4.67. The number of hydrogen-bond donors (Lipinski definition) is 2. The van der Waals surface area contributed by atoms with Gasteiger partial charge in [0.25, 0.3) is 5.91 Å². The lowest BCUT2D eigenvalue weighted by molar-refractivity contribution is -0.125. The van der Waals surface area contributed by atoms with Crippen molar-refractivity contribution in [3.63, 3.8) is 0 Å². The quantitative estimate of drug-likeness (QED) is 0.665. The van der Waals surface area contributed by atoms with Crippen LogP contribution in [0.5, 0.6) is 0 Å². The van der Waals surface area contributed by atoms with Gasteiger partial charge in [-0.05, 0) is 49.4 Å². The number of benzene rings is 2. The van der Waals surface area contributed by atoms with Gasteiger partial charge in [0.05, 0.1) is 18.7 Å². The Bertz CT molecular complexity index is 847. The third-order valence-corrected chi connectivity index (χ3v) is 4.76. The molecule has 2 rings (SSSR count). The van der Waals surface area contributed by atoms with Crippen molar-refractivity contribution in [3.8, 4) is 0 Å². The van der Waals surface area contributed by atoms with E-state index in [1.54, 1.807) is 43.4 Å². The van der Waals surface area contributed by atoms with Crippen LogP contribution >= 0.6 is 0 Å². The van der Waals surface area contributed by atoms with E-state index < -0.39 is 0 Å². The van der Waals surface area contributed by atoms with Gasteiger partial charge < -0.3 is 15.4 Å². The number of nitrogens with zero attached hydrogens (tertiary/aromatic N) is 1. The Morgan fingerprint density at radius 2 is 1.52 bits per heavy atom. The van der Waals surface area contributed by atoms with Gasteiger partial charge in [-0.3, -0.25) is 14.5 Å². The second kappa shape index (κ2) is 10.4. The first kappa shape index (κ1) is 22.1. The molecule has 2 amide bonds. The predicted octanol–water partition coefficient (Wildman–Crippen LogP) is 1.97. The Balaban J connectivity index is 1.87. The minimum Gasteiger partial charge on any atom is -0.465 e. The van der Waals surface area contributed by atoms with Gasteiger partial charge in [0.1, 0.15) is 0 Å². The van der Waals surface area contributed by atoms with Gasteiger partial charge in [-0.25, -0.2) is 4.79 Å². The molecule has 0 aromatic heterocycles. The smallest absolute Gasteiger partial charge is 0.337 e. The first-order valence-electron chi connectivity index (χ1n) is 9.32. The number of nitrogens with one attached hydrogen (secondary N) is 2. The second-order valence-electron chi connectivity index (χ2n) is 6.77. The van der Waals surface area contributed by atoms with Gasteiger partial charge >= 0.3 is 5.97 Å². The zero-order valence-electron chi connectivity index (χ0n) is 17.2. The van der Waals surface area contributed by atoms with Crippen LogP contribution < -0.4 is 10.6 Å².